The van der Waals surface area contributed by atoms with Crippen LogP contribution in [0.2, 0.25) is 0 Å². The van der Waals surface area contributed by atoms with Crippen LogP contribution < -0.4 is 0 Å². The molecule has 3 aromatic heterocycles. The third kappa shape index (κ3) is 6.81. The van der Waals surface area contributed by atoms with E-state index in [1.165, 1.54) is 0 Å². The van der Waals surface area contributed by atoms with Gasteiger partial charge in [-0.05, 0) is 102 Å². The summed E-state index contributed by atoms with van der Waals surface area (Å²) in [7, 11) is 0. The van der Waals surface area contributed by atoms with Crippen molar-refractivity contribution in [2.45, 2.75) is 82.9 Å². The van der Waals surface area contributed by atoms with Crippen LogP contribution in [-0.4, -0.2) is 78.0 Å². The van der Waals surface area contributed by atoms with E-state index < -0.39 is 10.5 Å². The van der Waals surface area contributed by atoms with E-state index in [9.17, 15) is 9.59 Å². The SMILES string of the molecule is CSC1(c2nc3nc(C#Cc4ccc(-c5cnc(C6CCCN6C(=O)OC(C)(C)C)[nH]5)cc4)ccc3[nH]2)CCCN1C(=O)OC(C)C. The van der Waals surface area contributed by atoms with Crippen LogP contribution in [0.15, 0.2) is 42.6 Å². The number of aromatic nitrogens is 5. The van der Waals surface area contributed by atoms with Crippen molar-refractivity contribution in [3.8, 4) is 23.1 Å². The number of thioether (sulfide) groups is 1. The van der Waals surface area contributed by atoms with Gasteiger partial charge in [0.25, 0.3) is 0 Å². The topological polar surface area (TPSA) is 129 Å². The van der Waals surface area contributed by atoms with Gasteiger partial charge in [-0.2, -0.15) is 0 Å². The average Bonchev–Trinajstić information content (AvgIpc) is 3.84. The first-order valence-corrected chi connectivity index (χ1v) is 17.3. The van der Waals surface area contributed by atoms with Crippen molar-refractivity contribution >= 4 is 35.1 Å². The van der Waals surface area contributed by atoms with Crippen LogP contribution in [0.1, 0.15) is 89.3 Å². The van der Waals surface area contributed by atoms with Gasteiger partial charge in [-0.15, -0.1) is 11.8 Å². The number of aromatic amines is 2. The molecule has 0 spiro atoms. The highest BCUT2D eigenvalue weighted by Gasteiger charge is 2.48. The Morgan fingerprint density at radius 3 is 2.53 bits per heavy atom. The number of benzene rings is 1. The van der Waals surface area contributed by atoms with Crippen LogP contribution in [0.3, 0.4) is 0 Å². The van der Waals surface area contributed by atoms with E-state index in [-0.39, 0.29) is 24.3 Å². The van der Waals surface area contributed by atoms with Crippen molar-refractivity contribution in [3.63, 3.8) is 0 Å². The van der Waals surface area contributed by atoms with Crippen molar-refractivity contribution in [1.82, 2.24) is 34.7 Å². The summed E-state index contributed by atoms with van der Waals surface area (Å²) in [6.07, 6.45) is 6.34. The summed E-state index contributed by atoms with van der Waals surface area (Å²) >= 11 is 1.58. The van der Waals surface area contributed by atoms with Gasteiger partial charge in [0.2, 0.25) is 0 Å². The number of nitrogens with one attached hydrogen (secondary N) is 2. The Bertz CT molecular complexity index is 1830. The van der Waals surface area contributed by atoms with E-state index >= 15 is 0 Å². The minimum Gasteiger partial charge on any atom is -0.447 e. The highest BCUT2D eigenvalue weighted by molar-refractivity contribution is 7.99. The first-order chi connectivity index (χ1) is 22.5. The zero-order chi connectivity index (χ0) is 33.3. The maximum atomic E-state index is 12.9. The van der Waals surface area contributed by atoms with E-state index in [2.05, 4.69) is 26.8 Å². The number of carbonyl (C=O) groups excluding carboxylic acids is 2. The fourth-order valence-corrected chi connectivity index (χ4v) is 7.14. The lowest BCUT2D eigenvalue weighted by atomic mass is 10.1. The molecule has 4 aromatic rings. The van der Waals surface area contributed by atoms with Crippen LogP contribution in [-0.2, 0) is 14.3 Å². The van der Waals surface area contributed by atoms with Crippen LogP contribution in [0.5, 0.6) is 0 Å². The Morgan fingerprint density at radius 1 is 1.02 bits per heavy atom. The van der Waals surface area contributed by atoms with Gasteiger partial charge in [-0.1, -0.05) is 18.1 Å². The molecule has 2 amide bonds. The maximum Gasteiger partial charge on any atom is 0.411 e. The quantitative estimate of drug-likeness (QED) is 0.221. The molecule has 2 atom stereocenters. The number of rotatable bonds is 5. The summed E-state index contributed by atoms with van der Waals surface area (Å²) < 4.78 is 11.1. The molecule has 11 nitrogen and oxygen atoms in total. The lowest BCUT2D eigenvalue weighted by molar-refractivity contribution is 0.0218. The molecule has 246 valence electrons. The molecule has 5 heterocycles. The molecule has 6 rings (SSSR count). The van der Waals surface area contributed by atoms with E-state index in [4.69, 9.17) is 19.4 Å². The normalized spacial score (nSPS) is 19.7. The lowest BCUT2D eigenvalue weighted by Gasteiger charge is -2.34. The Labute approximate surface area is 279 Å². The minimum absolute atomic E-state index is 0.135. The smallest absolute Gasteiger partial charge is 0.411 e. The third-order valence-corrected chi connectivity index (χ3v) is 9.56. The van der Waals surface area contributed by atoms with Crippen molar-refractivity contribution in [3.05, 3.63) is 65.5 Å². The van der Waals surface area contributed by atoms with Crippen molar-refractivity contribution in [1.29, 1.82) is 0 Å². The number of fused-ring (bicyclic) bond motifs is 1. The number of pyridine rings is 1. The van der Waals surface area contributed by atoms with Crippen molar-refractivity contribution < 1.29 is 19.1 Å². The standard InChI is InChI=1S/C35H41N7O4S/c1-22(2)45-33(44)42-20-8-18-35(42,47-6)31-39-26-17-16-25(37-29(26)40-31)15-12-23-10-13-24(14-11-23)27-21-36-30(38-27)28-9-7-19-41(28)32(43)46-34(3,4)5/h10-11,13-14,16-17,21-22,28H,7-9,18-20H2,1-6H3,(H,36,38)(H,37,39,40). The van der Waals surface area contributed by atoms with Gasteiger partial charge in [-0.3, -0.25) is 9.80 Å². The van der Waals surface area contributed by atoms with E-state index in [0.29, 0.717) is 30.3 Å². The second-order valence-corrected chi connectivity index (χ2v) is 14.3. The molecule has 1 aromatic carbocycles. The number of imidazole rings is 2. The number of ether oxygens (including phenoxy) is 2. The van der Waals surface area contributed by atoms with Gasteiger partial charge in [0.1, 0.15) is 27.8 Å². The molecule has 2 aliphatic rings. The number of hydrogen-bond donors (Lipinski definition) is 2. The molecule has 2 unspecified atom stereocenters. The summed E-state index contributed by atoms with van der Waals surface area (Å²) in [4.78, 5) is 49.5. The highest BCUT2D eigenvalue weighted by atomic mass is 32.2. The molecule has 12 heteroatoms. The number of carbonyl (C=O) groups is 2. The summed E-state index contributed by atoms with van der Waals surface area (Å²) in [5.41, 5.74) is 4.09. The number of likely N-dealkylation sites (tertiary alicyclic amines) is 2. The van der Waals surface area contributed by atoms with Crippen molar-refractivity contribution in [2.75, 3.05) is 19.3 Å². The van der Waals surface area contributed by atoms with E-state index in [1.54, 1.807) is 27.8 Å². The second kappa shape index (κ2) is 13.0. The van der Waals surface area contributed by atoms with Crippen LogP contribution >= 0.6 is 11.8 Å². The van der Waals surface area contributed by atoms with Crippen LogP contribution in [0.25, 0.3) is 22.4 Å². The molecular weight excluding hydrogens is 614 g/mol. The van der Waals surface area contributed by atoms with Gasteiger partial charge < -0.3 is 19.4 Å². The minimum atomic E-state index is -0.635. The summed E-state index contributed by atoms with van der Waals surface area (Å²) in [5, 5.41) is 0. The third-order valence-electron chi connectivity index (χ3n) is 8.27. The Kier molecular flexibility index (Phi) is 8.94. The number of amides is 2. The molecule has 2 fully saturated rings. The molecule has 47 heavy (non-hydrogen) atoms. The second-order valence-electron chi connectivity index (χ2n) is 13.2. The Hall–Kier alpha value is -4.50. The molecule has 0 radical (unpaired) electrons. The van der Waals surface area contributed by atoms with E-state index in [1.807, 2.05) is 77.3 Å². The first-order valence-electron chi connectivity index (χ1n) is 16.0. The molecule has 0 saturated carbocycles. The molecule has 0 bridgehead atoms. The van der Waals surface area contributed by atoms with E-state index in [0.717, 1.165) is 53.8 Å². The summed E-state index contributed by atoms with van der Waals surface area (Å²) in [5.74, 6) is 7.82. The van der Waals surface area contributed by atoms with Gasteiger partial charge in [-0.25, -0.2) is 24.5 Å². The fraction of sp³-hybridized carbons (Fsp3) is 0.457. The average molecular weight is 656 g/mol. The predicted molar refractivity (Wildman–Crippen MR) is 182 cm³/mol. The molecule has 2 saturated heterocycles. The predicted octanol–water partition coefficient (Wildman–Crippen LogP) is 6.98. The first kappa shape index (κ1) is 32.4. The number of hydrogen-bond acceptors (Lipinski definition) is 8. The summed E-state index contributed by atoms with van der Waals surface area (Å²) in [6.45, 7) is 10.6. The van der Waals surface area contributed by atoms with Crippen LogP contribution in [0.4, 0.5) is 9.59 Å². The van der Waals surface area contributed by atoms with Crippen LogP contribution in [0, 0.1) is 11.8 Å². The molecule has 2 aliphatic heterocycles. The zero-order valence-electron chi connectivity index (χ0n) is 27.7. The van der Waals surface area contributed by atoms with Gasteiger partial charge >= 0.3 is 12.2 Å². The van der Waals surface area contributed by atoms with Crippen molar-refractivity contribution in [2.24, 2.45) is 0 Å². The molecular formula is C35H41N7O4S. The van der Waals surface area contributed by atoms with Gasteiger partial charge in [0, 0.05) is 18.7 Å². The molecule has 0 aliphatic carbocycles. The Balaban J connectivity index is 1.16. The maximum absolute atomic E-state index is 12.9. The summed E-state index contributed by atoms with van der Waals surface area (Å²) in [6, 6.07) is 11.6. The monoisotopic (exact) mass is 655 g/mol. The zero-order valence-corrected chi connectivity index (χ0v) is 28.5. The Morgan fingerprint density at radius 2 is 1.81 bits per heavy atom. The molecule has 2 N–H and O–H groups in total. The lowest BCUT2D eigenvalue weighted by Crippen LogP contribution is -2.44. The van der Waals surface area contributed by atoms with Gasteiger partial charge in [0.15, 0.2) is 5.65 Å². The largest absolute Gasteiger partial charge is 0.447 e. The highest BCUT2D eigenvalue weighted by Crippen LogP contribution is 2.46. The number of nitrogens with zero attached hydrogens (tertiary/aromatic N) is 5. The van der Waals surface area contributed by atoms with Gasteiger partial charge in [0.05, 0.1) is 29.6 Å². The number of H-pyrrole nitrogens is 2. The fourth-order valence-electron chi connectivity index (χ4n) is 6.11.